The number of carbonyl (C=O) groups excluding carboxylic acids is 2. The van der Waals surface area contributed by atoms with Crippen molar-refractivity contribution in [3.63, 3.8) is 0 Å². The summed E-state index contributed by atoms with van der Waals surface area (Å²) in [6, 6.07) is 4.57. The lowest BCUT2D eigenvalue weighted by molar-refractivity contribution is -0.140. The fourth-order valence-corrected chi connectivity index (χ4v) is 1.96. The summed E-state index contributed by atoms with van der Waals surface area (Å²) in [5.74, 6) is -0.754. The first kappa shape index (κ1) is 18.5. The molecule has 3 N–H and O–H groups in total. The van der Waals surface area contributed by atoms with Gasteiger partial charge in [0.1, 0.15) is 0 Å². The van der Waals surface area contributed by atoms with E-state index in [4.69, 9.17) is 35.4 Å². The Kier molecular flexibility index (Phi) is 7.94. The number of hydrogen-bond donors (Lipinski definition) is 3. The van der Waals surface area contributed by atoms with Crippen molar-refractivity contribution in [2.45, 2.75) is 12.8 Å². The molecule has 0 fully saturated rings. The Morgan fingerprint density at radius 1 is 1.27 bits per heavy atom. The van der Waals surface area contributed by atoms with Gasteiger partial charge in [0, 0.05) is 18.0 Å². The average Bonchev–Trinajstić information content (AvgIpc) is 2.51. The van der Waals surface area contributed by atoms with Crippen LogP contribution in [-0.4, -0.2) is 30.6 Å². The molecule has 0 aliphatic heterocycles. The van der Waals surface area contributed by atoms with Crippen molar-refractivity contribution in [1.29, 1.82) is 0 Å². The highest BCUT2D eigenvalue weighted by Gasteiger charge is 2.11. The number of ether oxygens (including phenoxy) is 1. The number of rotatable bonds is 5. The Labute approximate surface area is 143 Å². The average molecular weight is 364 g/mol. The zero-order valence-electron chi connectivity index (χ0n) is 11.7. The maximum Gasteiger partial charge on any atom is 0.305 e. The quantitative estimate of drug-likeness (QED) is 0.321. The molecule has 6 nitrogen and oxygen atoms in total. The molecule has 0 saturated heterocycles. The molecule has 0 heterocycles. The van der Waals surface area contributed by atoms with Crippen LogP contribution in [0.15, 0.2) is 18.2 Å². The van der Waals surface area contributed by atoms with Gasteiger partial charge in [0.25, 0.3) is 5.91 Å². The molecule has 0 aliphatic carbocycles. The van der Waals surface area contributed by atoms with Gasteiger partial charge in [0.15, 0.2) is 5.11 Å². The topological polar surface area (TPSA) is 79.5 Å². The van der Waals surface area contributed by atoms with Crippen LogP contribution in [0.2, 0.25) is 10.0 Å². The minimum Gasteiger partial charge on any atom is -0.469 e. The van der Waals surface area contributed by atoms with Crippen LogP contribution in [0.1, 0.15) is 23.2 Å². The molecule has 1 amide bonds. The summed E-state index contributed by atoms with van der Waals surface area (Å²) in [6.07, 6.45) is 0.846. The first-order chi connectivity index (χ1) is 10.4. The van der Waals surface area contributed by atoms with E-state index >= 15 is 0 Å². The van der Waals surface area contributed by atoms with Gasteiger partial charge in [0.2, 0.25) is 0 Å². The molecule has 0 radical (unpaired) electrons. The Balaban J connectivity index is 2.33. The van der Waals surface area contributed by atoms with Crippen LogP contribution in [0.4, 0.5) is 0 Å². The number of esters is 1. The summed E-state index contributed by atoms with van der Waals surface area (Å²) in [6.45, 7) is 0.467. The number of methoxy groups -OCH3 is 1. The second kappa shape index (κ2) is 9.45. The number of hydrazine groups is 1. The van der Waals surface area contributed by atoms with Gasteiger partial charge in [-0.3, -0.25) is 20.4 Å². The number of benzene rings is 1. The number of nitrogens with one attached hydrogen (secondary N) is 3. The molecule has 9 heteroatoms. The van der Waals surface area contributed by atoms with Crippen molar-refractivity contribution in [3.05, 3.63) is 33.8 Å². The van der Waals surface area contributed by atoms with E-state index in [-0.39, 0.29) is 28.1 Å². The van der Waals surface area contributed by atoms with Crippen LogP contribution in [0.3, 0.4) is 0 Å². The molecule has 0 saturated carbocycles. The van der Waals surface area contributed by atoms with Gasteiger partial charge < -0.3 is 10.1 Å². The van der Waals surface area contributed by atoms with Crippen molar-refractivity contribution in [1.82, 2.24) is 16.2 Å². The van der Waals surface area contributed by atoms with Gasteiger partial charge in [-0.2, -0.15) is 0 Å². The smallest absolute Gasteiger partial charge is 0.305 e. The van der Waals surface area contributed by atoms with E-state index in [1.54, 1.807) is 6.07 Å². The second-order valence-electron chi connectivity index (χ2n) is 4.14. The zero-order chi connectivity index (χ0) is 16.5. The lowest BCUT2D eigenvalue weighted by atomic mass is 10.2. The highest BCUT2D eigenvalue weighted by molar-refractivity contribution is 7.80. The third-order valence-electron chi connectivity index (χ3n) is 2.53. The molecule has 120 valence electrons. The number of hydrogen-bond acceptors (Lipinski definition) is 4. The van der Waals surface area contributed by atoms with Gasteiger partial charge in [-0.15, -0.1) is 0 Å². The first-order valence-electron chi connectivity index (χ1n) is 6.30. The lowest BCUT2D eigenvalue weighted by Crippen LogP contribution is -2.47. The van der Waals surface area contributed by atoms with E-state index in [1.807, 2.05) is 0 Å². The zero-order valence-corrected chi connectivity index (χ0v) is 14.1. The largest absolute Gasteiger partial charge is 0.469 e. The van der Waals surface area contributed by atoms with E-state index in [2.05, 4.69) is 20.9 Å². The minimum absolute atomic E-state index is 0.219. The van der Waals surface area contributed by atoms with Crippen LogP contribution in [0.5, 0.6) is 0 Å². The highest BCUT2D eigenvalue weighted by atomic mass is 35.5. The molecule has 0 bridgehead atoms. The minimum atomic E-state index is -0.466. The molecule has 0 unspecified atom stereocenters. The van der Waals surface area contributed by atoms with Gasteiger partial charge in [0.05, 0.1) is 17.7 Å². The Morgan fingerprint density at radius 2 is 2.00 bits per heavy atom. The van der Waals surface area contributed by atoms with Crippen LogP contribution >= 0.6 is 35.4 Å². The molecule has 0 spiro atoms. The van der Waals surface area contributed by atoms with Crippen molar-refractivity contribution in [2.24, 2.45) is 0 Å². The summed E-state index contributed by atoms with van der Waals surface area (Å²) in [5, 5.41) is 3.73. The van der Waals surface area contributed by atoms with Crippen LogP contribution in [-0.2, 0) is 9.53 Å². The number of thiocarbonyl (C=S) groups is 1. The summed E-state index contributed by atoms with van der Waals surface area (Å²) in [7, 11) is 1.33. The predicted octanol–water partition coefficient (Wildman–Crippen LogP) is 2.06. The number of carbonyl (C=O) groups is 2. The molecule has 0 aromatic heterocycles. The van der Waals surface area contributed by atoms with E-state index in [9.17, 15) is 9.59 Å². The second-order valence-corrected chi connectivity index (χ2v) is 5.39. The van der Waals surface area contributed by atoms with Gasteiger partial charge in [-0.25, -0.2) is 0 Å². The summed E-state index contributed by atoms with van der Waals surface area (Å²) in [5.41, 5.74) is 5.16. The normalized spacial score (nSPS) is 9.77. The molecule has 1 rings (SSSR count). The molecule has 0 aliphatic rings. The predicted molar refractivity (Wildman–Crippen MR) is 88.9 cm³/mol. The monoisotopic (exact) mass is 363 g/mol. The van der Waals surface area contributed by atoms with Crippen molar-refractivity contribution < 1.29 is 14.3 Å². The Morgan fingerprint density at radius 3 is 2.68 bits per heavy atom. The molecule has 22 heavy (non-hydrogen) atoms. The van der Waals surface area contributed by atoms with Gasteiger partial charge in [-0.05, 0) is 36.8 Å². The number of amides is 1. The SMILES string of the molecule is COC(=O)CCCNC(=S)NNC(=O)c1cc(Cl)ccc1Cl. The third kappa shape index (κ3) is 6.46. The van der Waals surface area contributed by atoms with E-state index in [1.165, 1.54) is 19.2 Å². The summed E-state index contributed by atoms with van der Waals surface area (Å²) < 4.78 is 4.51. The maximum absolute atomic E-state index is 11.9. The molecule has 1 aromatic carbocycles. The summed E-state index contributed by atoms with van der Waals surface area (Å²) in [4.78, 5) is 22.8. The van der Waals surface area contributed by atoms with Gasteiger partial charge >= 0.3 is 5.97 Å². The molecule has 1 aromatic rings. The van der Waals surface area contributed by atoms with Crippen molar-refractivity contribution in [3.8, 4) is 0 Å². The van der Waals surface area contributed by atoms with Crippen LogP contribution in [0.25, 0.3) is 0 Å². The van der Waals surface area contributed by atoms with E-state index < -0.39 is 5.91 Å². The van der Waals surface area contributed by atoms with Gasteiger partial charge in [-0.1, -0.05) is 23.2 Å². The molecular weight excluding hydrogens is 349 g/mol. The van der Waals surface area contributed by atoms with Crippen LogP contribution in [0, 0.1) is 0 Å². The van der Waals surface area contributed by atoms with Crippen molar-refractivity contribution >= 4 is 52.4 Å². The third-order valence-corrected chi connectivity index (χ3v) is 3.34. The lowest BCUT2D eigenvalue weighted by Gasteiger charge is -2.12. The first-order valence-corrected chi connectivity index (χ1v) is 7.46. The Hall–Kier alpha value is -1.57. The summed E-state index contributed by atoms with van der Waals surface area (Å²) >= 11 is 16.7. The molecular formula is C13H15Cl2N3O3S. The Bertz CT molecular complexity index is 569. The fraction of sp³-hybridized carbons (Fsp3) is 0.308. The van der Waals surface area contributed by atoms with E-state index in [0.717, 1.165) is 0 Å². The van der Waals surface area contributed by atoms with Crippen molar-refractivity contribution in [2.75, 3.05) is 13.7 Å². The maximum atomic E-state index is 11.9. The standard InChI is InChI=1S/C13H15Cl2N3O3S/c1-21-11(19)3-2-6-16-13(22)18-17-12(20)9-7-8(14)4-5-10(9)15/h4-5,7H,2-3,6H2,1H3,(H,17,20)(H2,16,18,22). The van der Waals surface area contributed by atoms with Crippen LogP contribution < -0.4 is 16.2 Å². The molecule has 0 atom stereocenters. The fourth-order valence-electron chi connectivity index (χ4n) is 1.43. The van der Waals surface area contributed by atoms with E-state index in [0.29, 0.717) is 18.0 Å². The number of halogens is 2. The highest BCUT2D eigenvalue weighted by Crippen LogP contribution is 2.20.